The first-order valence-electron chi connectivity index (χ1n) is 8.47. The van der Waals surface area contributed by atoms with Gasteiger partial charge in [-0.15, -0.1) is 0 Å². The molecule has 1 saturated heterocycles. The average molecular weight is 310 g/mol. The summed E-state index contributed by atoms with van der Waals surface area (Å²) in [7, 11) is 0. The van der Waals surface area contributed by atoms with Crippen LogP contribution < -0.4 is 11.1 Å². The first kappa shape index (κ1) is 17.4. The van der Waals surface area contributed by atoms with E-state index < -0.39 is 17.7 Å². The molecule has 4 unspecified atom stereocenters. The van der Waals surface area contributed by atoms with Crippen LogP contribution in [0.25, 0.3) is 0 Å². The highest BCUT2D eigenvalue weighted by Crippen LogP contribution is 2.39. The maximum absolute atomic E-state index is 12.5. The maximum atomic E-state index is 12.5. The Morgan fingerprint density at radius 2 is 1.86 bits per heavy atom. The van der Waals surface area contributed by atoms with Crippen molar-refractivity contribution in [1.29, 1.82) is 0 Å². The number of Topliss-reactive ketones (excluding diaryl/α,β-unsaturated/α-hetero) is 1. The molecule has 1 heterocycles. The van der Waals surface area contributed by atoms with E-state index in [0.717, 1.165) is 25.7 Å². The fourth-order valence-electron chi connectivity index (χ4n) is 3.79. The number of piperidine rings is 1. The monoisotopic (exact) mass is 310 g/mol. The fraction of sp³-hybridized carbons (Fsp3) is 0.882. The van der Waals surface area contributed by atoms with E-state index in [2.05, 4.69) is 5.32 Å². The molecule has 126 valence electrons. The molecule has 5 heteroatoms. The third kappa shape index (κ3) is 4.07. The van der Waals surface area contributed by atoms with E-state index in [1.54, 1.807) is 6.92 Å². The molecule has 2 fully saturated rings. The molecule has 0 bridgehead atoms. The van der Waals surface area contributed by atoms with E-state index >= 15 is 0 Å². The SMILES string of the molecule is C[C@H](N)C(=O)C1NC(C(=O)OC(C)(C)C)CC2CCCCC21. The molecule has 0 spiro atoms. The number of fused-ring (bicyclic) bond motifs is 1. The number of carbonyl (C=O) groups excluding carboxylic acids is 2. The molecule has 5 atom stereocenters. The molecule has 0 aromatic carbocycles. The van der Waals surface area contributed by atoms with Crippen molar-refractivity contribution >= 4 is 11.8 Å². The number of hydrogen-bond donors (Lipinski definition) is 2. The first-order chi connectivity index (χ1) is 10.2. The van der Waals surface area contributed by atoms with Crippen molar-refractivity contribution in [2.24, 2.45) is 17.6 Å². The molecule has 3 N–H and O–H groups in total. The summed E-state index contributed by atoms with van der Waals surface area (Å²) in [5.74, 6) is 0.496. The van der Waals surface area contributed by atoms with Crippen LogP contribution in [0.15, 0.2) is 0 Å². The number of nitrogens with one attached hydrogen (secondary N) is 1. The Morgan fingerprint density at radius 3 is 2.45 bits per heavy atom. The van der Waals surface area contributed by atoms with Gasteiger partial charge in [-0.2, -0.15) is 0 Å². The lowest BCUT2D eigenvalue weighted by Crippen LogP contribution is -2.61. The van der Waals surface area contributed by atoms with Gasteiger partial charge in [-0.25, -0.2) is 0 Å². The molecule has 1 aliphatic heterocycles. The van der Waals surface area contributed by atoms with Crippen molar-refractivity contribution in [3.8, 4) is 0 Å². The Bertz CT molecular complexity index is 428. The van der Waals surface area contributed by atoms with Crippen molar-refractivity contribution in [3.63, 3.8) is 0 Å². The van der Waals surface area contributed by atoms with Crippen LogP contribution in [0, 0.1) is 11.8 Å². The van der Waals surface area contributed by atoms with Crippen molar-refractivity contribution in [2.45, 2.75) is 83.5 Å². The van der Waals surface area contributed by atoms with Crippen molar-refractivity contribution in [3.05, 3.63) is 0 Å². The van der Waals surface area contributed by atoms with Crippen LogP contribution in [0.3, 0.4) is 0 Å². The van der Waals surface area contributed by atoms with Crippen molar-refractivity contribution in [2.75, 3.05) is 0 Å². The highest BCUT2D eigenvalue weighted by Gasteiger charge is 2.45. The van der Waals surface area contributed by atoms with Gasteiger partial charge in [-0.3, -0.25) is 14.9 Å². The Kier molecular flexibility index (Phi) is 5.28. The number of carbonyl (C=O) groups is 2. The topological polar surface area (TPSA) is 81.4 Å². The molecule has 2 aliphatic rings. The average Bonchev–Trinajstić information content (AvgIpc) is 2.43. The maximum Gasteiger partial charge on any atom is 0.323 e. The molecule has 0 radical (unpaired) electrons. The van der Waals surface area contributed by atoms with Crippen LogP contribution in [-0.2, 0) is 14.3 Å². The van der Waals surface area contributed by atoms with E-state index in [1.165, 1.54) is 6.42 Å². The van der Waals surface area contributed by atoms with Crippen molar-refractivity contribution < 1.29 is 14.3 Å². The summed E-state index contributed by atoms with van der Waals surface area (Å²) in [6.07, 6.45) is 5.24. The number of ether oxygens (including phenoxy) is 1. The van der Waals surface area contributed by atoms with Gasteiger partial charge >= 0.3 is 5.97 Å². The van der Waals surface area contributed by atoms with Gasteiger partial charge in [0.25, 0.3) is 0 Å². The molecular weight excluding hydrogens is 280 g/mol. The van der Waals surface area contributed by atoms with Crippen LogP contribution in [0.4, 0.5) is 0 Å². The van der Waals surface area contributed by atoms with E-state index in [9.17, 15) is 9.59 Å². The molecule has 2 rings (SSSR count). The third-order valence-corrected chi connectivity index (χ3v) is 4.76. The second-order valence-electron chi connectivity index (χ2n) is 7.87. The summed E-state index contributed by atoms with van der Waals surface area (Å²) in [4.78, 5) is 24.9. The van der Waals surface area contributed by atoms with E-state index in [-0.39, 0.29) is 17.8 Å². The second-order valence-corrected chi connectivity index (χ2v) is 7.87. The predicted molar refractivity (Wildman–Crippen MR) is 85.3 cm³/mol. The third-order valence-electron chi connectivity index (χ3n) is 4.76. The summed E-state index contributed by atoms with van der Waals surface area (Å²) < 4.78 is 5.50. The van der Waals surface area contributed by atoms with Gasteiger partial charge in [-0.05, 0) is 52.4 Å². The molecule has 22 heavy (non-hydrogen) atoms. The van der Waals surface area contributed by atoms with Crippen LogP contribution in [0.5, 0.6) is 0 Å². The van der Waals surface area contributed by atoms with Gasteiger partial charge in [0, 0.05) is 0 Å². The van der Waals surface area contributed by atoms with Crippen LogP contribution >= 0.6 is 0 Å². The fourth-order valence-corrected chi connectivity index (χ4v) is 3.79. The van der Waals surface area contributed by atoms with Gasteiger partial charge in [0.2, 0.25) is 0 Å². The Hall–Kier alpha value is -0.940. The zero-order valence-electron chi connectivity index (χ0n) is 14.2. The molecule has 5 nitrogen and oxygen atoms in total. The smallest absolute Gasteiger partial charge is 0.323 e. The normalized spacial score (nSPS) is 33.7. The standard InChI is InChI=1S/C17H30N2O3/c1-10(18)15(20)14-12-8-6-5-7-11(12)9-13(19-14)16(21)22-17(2,3)4/h10-14,19H,5-9,18H2,1-4H3/t10-,11?,12?,13?,14?/m0/s1. The molecule has 0 aromatic heterocycles. The van der Waals surface area contributed by atoms with Crippen molar-refractivity contribution in [1.82, 2.24) is 5.32 Å². The zero-order valence-corrected chi connectivity index (χ0v) is 14.2. The minimum Gasteiger partial charge on any atom is -0.459 e. The van der Waals surface area contributed by atoms with E-state index in [1.807, 2.05) is 20.8 Å². The summed E-state index contributed by atoms with van der Waals surface area (Å²) in [6.45, 7) is 7.31. The van der Waals surface area contributed by atoms with Gasteiger partial charge < -0.3 is 10.5 Å². The number of rotatable bonds is 3. The quantitative estimate of drug-likeness (QED) is 0.777. The van der Waals surface area contributed by atoms with Crippen LogP contribution in [0.2, 0.25) is 0 Å². The number of nitrogens with two attached hydrogens (primary N) is 1. The molecule has 1 saturated carbocycles. The summed E-state index contributed by atoms with van der Waals surface area (Å²) in [6, 6.07) is -1.21. The summed E-state index contributed by atoms with van der Waals surface area (Å²) in [5.41, 5.74) is 5.30. The highest BCUT2D eigenvalue weighted by molar-refractivity contribution is 5.90. The summed E-state index contributed by atoms with van der Waals surface area (Å²) in [5, 5.41) is 3.25. The predicted octanol–water partition coefficient (Wildman–Crippen LogP) is 1.78. The second kappa shape index (κ2) is 6.67. The lowest BCUT2D eigenvalue weighted by Gasteiger charge is -2.44. The van der Waals surface area contributed by atoms with Gasteiger partial charge in [0.05, 0.1) is 12.1 Å². The Morgan fingerprint density at radius 1 is 1.23 bits per heavy atom. The number of hydrogen-bond acceptors (Lipinski definition) is 5. The van der Waals surface area contributed by atoms with Gasteiger partial charge in [0.1, 0.15) is 11.6 Å². The zero-order chi connectivity index (χ0) is 16.5. The van der Waals surface area contributed by atoms with Crippen LogP contribution in [-0.4, -0.2) is 35.5 Å². The lowest BCUT2D eigenvalue weighted by atomic mass is 9.68. The number of esters is 1. The molecular formula is C17H30N2O3. The first-order valence-corrected chi connectivity index (χ1v) is 8.47. The van der Waals surface area contributed by atoms with E-state index in [4.69, 9.17) is 10.5 Å². The number of ketones is 1. The molecule has 1 aliphatic carbocycles. The highest BCUT2D eigenvalue weighted by atomic mass is 16.6. The largest absolute Gasteiger partial charge is 0.459 e. The van der Waals surface area contributed by atoms with Crippen LogP contribution in [0.1, 0.15) is 59.8 Å². The van der Waals surface area contributed by atoms with E-state index in [0.29, 0.717) is 11.8 Å². The minimum atomic E-state index is -0.511. The molecule has 0 aromatic rings. The Balaban J connectivity index is 2.14. The Labute approximate surface area is 133 Å². The molecule has 0 amide bonds. The summed E-state index contributed by atoms with van der Waals surface area (Å²) >= 11 is 0. The van der Waals surface area contributed by atoms with Gasteiger partial charge in [-0.1, -0.05) is 19.3 Å². The van der Waals surface area contributed by atoms with Gasteiger partial charge in [0.15, 0.2) is 5.78 Å². The minimum absolute atomic E-state index is 0.0187. The lowest BCUT2D eigenvalue weighted by molar-refractivity contribution is -0.160.